The summed E-state index contributed by atoms with van der Waals surface area (Å²) in [4.78, 5) is 32.4. The van der Waals surface area contributed by atoms with Crippen LogP contribution in [0.1, 0.15) is 42.2 Å². The molecule has 0 N–H and O–H groups in total. The molecule has 28 heavy (non-hydrogen) atoms. The molecule has 4 rings (SSSR count). The average molecular weight is 399 g/mol. The predicted molar refractivity (Wildman–Crippen MR) is 106 cm³/mol. The fourth-order valence-corrected chi connectivity index (χ4v) is 4.95. The molecule has 0 spiro atoms. The second-order valence-electron chi connectivity index (χ2n) is 7.56. The molecule has 3 heterocycles. The van der Waals surface area contributed by atoms with E-state index in [1.807, 2.05) is 42.2 Å². The smallest absolute Gasteiger partial charge is 0.314 e. The maximum atomic E-state index is 13.2. The molecule has 0 unspecified atom stereocenters. The summed E-state index contributed by atoms with van der Waals surface area (Å²) in [5.74, 6) is -0.337. The second kappa shape index (κ2) is 7.55. The highest BCUT2D eigenvalue weighted by Crippen LogP contribution is 2.52. The van der Waals surface area contributed by atoms with Crippen LogP contribution in [0.2, 0.25) is 5.02 Å². The zero-order chi connectivity index (χ0) is 19.7. The minimum atomic E-state index is -0.706. The Balaban J connectivity index is 1.68. The summed E-state index contributed by atoms with van der Waals surface area (Å²) < 4.78 is 5.49. The Bertz CT molecular complexity index is 871. The van der Waals surface area contributed by atoms with Crippen molar-refractivity contribution in [2.24, 2.45) is 5.41 Å². The highest BCUT2D eigenvalue weighted by atomic mass is 35.5. The minimum Gasteiger partial charge on any atom is -0.465 e. The van der Waals surface area contributed by atoms with Crippen LogP contribution >= 0.6 is 11.6 Å². The largest absolute Gasteiger partial charge is 0.465 e. The maximum absolute atomic E-state index is 13.2. The number of esters is 1. The lowest BCUT2D eigenvalue weighted by Crippen LogP contribution is -2.47. The van der Waals surface area contributed by atoms with Crippen molar-refractivity contribution in [3.63, 3.8) is 0 Å². The van der Waals surface area contributed by atoms with Crippen molar-refractivity contribution in [2.45, 2.75) is 44.7 Å². The van der Waals surface area contributed by atoms with Gasteiger partial charge in [0.1, 0.15) is 5.69 Å². The van der Waals surface area contributed by atoms with Crippen LogP contribution in [-0.4, -0.2) is 40.5 Å². The molecule has 2 saturated heterocycles. The fraction of sp³-hybridized carbons (Fsp3) is 0.409. The minimum absolute atomic E-state index is 0.0306. The van der Waals surface area contributed by atoms with Crippen LogP contribution in [0.3, 0.4) is 0 Å². The summed E-state index contributed by atoms with van der Waals surface area (Å²) in [5, 5.41) is 0.492. The first-order valence-electron chi connectivity index (χ1n) is 9.70. The zero-order valence-electron chi connectivity index (χ0n) is 15.8. The Kier molecular flexibility index (Phi) is 5.11. The number of fused-ring (bicyclic) bond motifs is 2. The topological polar surface area (TPSA) is 59.5 Å². The van der Waals surface area contributed by atoms with Gasteiger partial charge in [0.15, 0.2) is 0 Å². The van der Waals surface area contributed by atoms with E-state index in [0.29, 0.717) is 30.2 Å². The van der Waals surface area contributed by atoms with Crippen LogP contribution in [0.4, 0.5) is 0 Å². The lowest BCUT2D eigenvalue weighted by molar-refractivity contribution is -0.157. The van der Waals surface area contributed by atoms with Crippen molar-refractivity contribution in [1.82, 2.24) is 9.88 Å². The molecule has 1 aromatic heterocycles. The number of nitrogens with zero attached hydrogens (tertiary/aromatic N) is 2. The summed E-state index contributed by atoms with van der Waals surface area (Å²) in [6.07, 6.45) is 4.39. The number of carbonyl (C=O) groups excluding carboxylic acids is 2. The van der Waals surface area contributed by atoms with Gasteiger partial charge >= 0.3 is 5.97 Å². The number of rotatable bonds is 5. The van der Waals surface area contributed by atoms with Gasteiger partial charge in [-0.25, -0.2) is 4.98 Å². The number of ether oxygens (including phenoxy) is 1. The van der Waals surface area contributed by atoms with Gasteiger partial charge in [-0.2, -0.15) is 0 Å². The van der Waals surface area contributed by atoms with Gasteiger partial charge < -0.3 is 9.64 Å². The molecule has 0 aliphatic carbocycles. The molecule has 1 amide bonds. The Morgan fingerprint density at radius 2 is 2.00 bits per heavy atom. The molecule has 6 heteroatoms. The number of pyridine rings is 1. The van der Waals surface area contributed by atoms with Crippen LogP contribution in [-0.2, 0) is 16.0 Å². The molecule has 2 aliphatic heterocycles. The Morgan fingerprint density at radius 3 is 2.68 bits per heavy atom. The molecule has 2 aliphatic rings. The van der Waals surface area contributed by atoms with Crippen LogP contribution in [0.5, 0.6) is 0 Å². The van der Waals surface area contributed by atoms with E-state index < -0.39 is 5.41 Å². The third-order valence-electron chi connectivity index (χ3n) is 5.97. The fourth-order valence-electron chi connectivity index (χ4n) is 4.84. The number of amides is 1. The normalized spacial score (nSPS) is 25.7. The molecule has 3 atom stereocenters. The lowest BCUT2D eigenvalue weighted by Gasteiger charge is -2.35. The standard InChI is InChI=1S/C22H23ClN2O3/c1-2-28-21(27)22(12-15-6-4-3-5-7-15)13-17-9-11-19(22)25(17)20(26)18-10-8-16(23)14-24-18/h3-8,10,14,17,19H,2,9,11-13H2,1H3/t17-,19+,22+/m1/s1. The van der Waals surface area contributed by atoms with Crippen molar-refractivity contribution in [1.29, 1.82) is 0 Å². The first-order chi connectivity index (χ1) is 13.5. The van der Waals surface area contributed by atoms with Crippen molar-refractivity contribution >= 4 is 23.5 Å². The summed E-state index contributed by atoms with van der Waals surface area (Å²) >= 11 is 5.91. The SMILES string of the molecule is CCOC(=O)[C@@]1(Cc2ccccc2)C[C@H]2CC[C@@H]1N2C(=O)c1ccc(Cl)cn1. The number of hydrogen-bond donors (Lipinski definition) is 0. The van der Waals surface area contributed by atoms with E-state index >= 15 is 0 Å². The van der Waals surface area contributed by atoms with E-state index in [1.165, 1.54) is 6.20 Å². The summed E-state index contributed by atoms with van der Waals surface area (Å²) in [6.45, 7) is 2.15. The number of benzene rings is 1. The number of carbonyl (C=O) groups is 2. The Morgan fingerprint density at radius 1 is 1.21 bits per heavy atom. The molecule has 5 nitrogen and oxygen atoms in total. The van der Waals surface area contributed by atoms with Crippen molar-refractivity contribution in [3.05, 3.63) is 64.9 Å². The van der Waals surface area contributed by atoms with E-state index in [0.717, 1.165) is 18.4 Å². The van der Waals surface area contributed by atoms with Crippen molar-refractivity contribution in [3.8, 4) is 0 Å². The van der Waals surface area contributed by atoms with E-state index in [2.05, 4.69) is 4.98 Å². The van der Waals surface area contributed by atoms with Crippen LogP contribution < -0.4 is 0 Å². The van der Waals surface area contributed by atoms with Crippen molar-refractivity contribution < 1.29 is 14.3 Å². The predicted octanol–water partition coefficient (Wildman–Crippen LogP) is 3.90. The summed E-state index contributed by atoms with van der Waals surface area (Å²) in [6, 6.07) is 13.1. The summed E-state index contributed by atoms with van der Waals surface area (Å²) in [5.41, 5.74) is 0.739. The zero-order valence-corrected chi connectivity index (χ0v) is 16.6. The van der Waals surface area contributed by atoms with E-state index in [-0.39, 0.29) is 24.0 Å². The highest BCUT2D eigenvalue weighted by molar-refractivity contribution is 6.30. The van der Waals surface area contributed by atoms with Gasteiger partial charge in [-0.3, -0.25) is 9.59 Å². The van der Waals surface area contributed by atoms with Gasteiger partial charge in [0, 0.05) is 18.3 Å². The summed E-state index contributed by atoms with van der Waals surface area (Å²) in [7, 11) is 0. The van der Waals surface area contributed by atoms with Crippen molar-refractivity contribution in [2.75, 3.05) is 6.61 Å². The monoisotopic (exact) mass is 398 g/mol. The molecule has 2 bridgehead atoms. The molecule has 2 fully saturated rings. The van der Waals surface area contributed by atoms with E-state index in [9.17, 15) is 9.59 Å². The first kappa shape index (κ1) is 18.9. The third kappa shape index (κ3) is 3.18. The van der Waals surface area contributed by atoms with Gasteiger partial charge in [-0.05, 0) is 50.3 Å². The second-order valence-corrected chi connectivity index (χ2v) is 8.00. The van der Waals surface area contributed by atoms with Gasteiger partial charge in [0.05, 0.1) is 17.0 Å². The highest BCUT2D eigenvalue weighted by Gasteiger charge is 2.62. The van der Waals surface area contributed by atoms with Gasteiger partial charge in [0.25, 0.3) is 5.91 Å². The van der Waals surface area contributed by atoms with Gasteiger partial charge in [-0.15, -0.1) is 0 Å². The number of halogens is 1. The van der Waals surface area contributed by atoms with Crippen LogP contribution in [0, 0.1) is 5.41 Å². The molecule has 146 valence electrons. The Hall–Kier alpha value is -2.40. The van der Waals surface area contributed by atoms with Gasteiger partial charge in [0.2, 0.25) is 0 Å². The maximum Gasteiger partial charge on any atom is 0.314 e. The molecule has 1 aromatic carbocycles. The number of aromatic nitrogens is 1. The van der Waals surface area contributed by atoms with E-state index in [4.69, 9.17) is 16.3 Å². The van der Waals surface area contributed by atoms with E-state index in [1.54, 1.807) is 12.1 Å². The third-order valence-corrected chi connectivity index (χ3v) is 6.19. The quantitative estimate of drug-likeness (QED) is 0.716. The number of hydrogen-bond acceptors (Lipinski definition) is 4. The lowest BCUT2D eigenvalue weighted by atomic mass is 9.70. The Labute approximate surface area is 169 Å². The molecule has 0 radical (unpaired) electrons. The van der Waals surface area contributed by atoms with Crippen LogP contribution in [0.15, 0.2) is 48.7 Å². The van der Waals surface area contributed by atoms with Gasteiger partial charge in [-0.1, -0.05) is 41.9 Å². The molecular weight excluding hydrogens is 376 g/mol. The molecule has 0 saturated carbocycles. The first-order valence-corrected chi connectivity index (χ1v) is 10.1. The molecular formula is C22H23ClN2O3. The molecule has 2 aromatic rings. The van der Waals surface area contributed by atoms with Crippen LogP contribution in [0.25, 0.3) is 0 Å². The average Bonchev–Trinajstić information content (AvgIpc) is 3.25.